The number of para-hydroxylation sites is 1. The largest absolute Gasteiger partial charge is 0.364 e. The van der Waals surface area contributed by atoms with E-state index in [0.717, 1.165) is 22.3 Å². The second kappa shape index (κ2) is 5.52. The van der Waals surface area contributed by atoms with Crippen molar-refractivity contribution in [2.24, 2.45) is 0 Å². The number of hydrogen-bond acceptors (Lipinski definition) is 2. The summed E-state index contributed by atoms with van der Waals surface area (Å²) in [4.78, 5) is 4.58. The van der Waals surface area contributed by atoms with Gasteiger partial charge in [-0.2, -0.15) is 0 Å². The van der Waals surface area contributed by atoms with Gasteiger partial charge < -0.3 is 5.32 Å². The minimum atomic E-state index is -0.173. The van der Waals surface area contributed by atoms with Crippen LogP contribution in [0, 0.1) is 12.7 Å². The first-order chi connectivity index (χ1) is 10.1. The molecule has 2 nitrogen and oxygen atoms in total. The van der Waals surface area contributed by atoms with E-state index in [2.05, 4.69) is 10.3 Å². The Morgan fingerprint density at radius 3 is 2.67 bits per heavy atom. The van der Waals surface area contributed by atoms with E-state index in [-0.39, 0.29) is 11.9 Å². The maximum absolute atomic E-state index is 13.6. The van der Waals surface area contributed by atoms with Crippen LogP contribution in [0.2, 0.25) is 0 Å². The molecule has 0 fully saturated rings. The number of aromatic nitrogens is 1. The molecule has 106 valence electrons. The molecule has 3 heteroatoms. The van der Waals surface area contributed by atoms with E-state index in [1.807, 2.05) is 49.4 Å². The molecule has 1 aromatic heterocycles. The molecular weight excluding hydrogens is 263 g/mol. The van der Waals surface area contributed by atoms with Crippen LogP contribution in [0.3, 0.4) is 0 Å². The molecule has 1 unspecified atom stereocenters. The predicted octanol–water partition coefficient (Wildman–Crippen LogP) is 4.86. The van der Waals surface area contributed by atoms with Crippen molar-refractivity contribution < 1.29 is 4.39 Å². The predicted molar refractivity (Wildman–Crippen MR) is 84.9 cm³/mol. The summed E-state index contributed by atoms with van der Waals surface area (Å²) in [6.45, 7) is 3.77. The molecule has 3 rings (SSSR count). The quantitative estimate of drug-likeness (QED) is 0.741. The molecule has 3 aromatic rings. The van der Waals surface area contributed by atoms with Crippen LogP contribution >= 0.6 is 0 Å². The number of hydrogen-bond donors (Lipinski definition) is 1. The van der Waals surface area contributed by atoms with Crippen molar-refractivity contribution in [2.45, 2.75) is 19.9 Å². The standard InChI is InChI=1S/C18H17FN2/c1-12-7-8-15(11-16(12)19)13(2)20-18-10-9-14-5-3-4-6-17(14)21-18/h3-11,13H,1-2H3,(H,20,21). The molecule has 0 amide bonds. The van der Waals surface area contributed by atoms with Crippen molar-refractivity contribution in [3.8, 4) is 0 Å². The van der Waals surface area contributed by atoms with Gasteiger partial charge in [0.25, 0.3) is 0 Å². The molecular formula is C18H17FN2. The Labute approximate surface area is 123 Å². The summed E-state index contributed by atoms with van der Waals surface area (Å²) in [7, 11) is 0. The lowest BCUT2D eigenvalue weighted by atomic mass is 10.1. The summed E-state index contributed by atoms with van der Waals surface area (Å²) in [5.41, 5.74) is 2.52. The van der Waals surface area contributed by atoms with Crippen molar-refractivity contribution in [2.75, 3.05) is 5.32 Å². The van der Waals surface area contributed by atoms with Crippen LogP contribution in [-0.2, 0) is 0 Å². The molecule has 0 bridgehead atoms. The first kappa shape index (κ1) is 13.6. The Morgan fingerprint density at radius 1 is 1.05 bits per heavy atom. The number of fused-ring (bicyclic) bond motifs is 1. The first-order valence-corrected chi connectivity index (χ1v) is 7.02. The molecule has 0 saturated heterocycles. The van der Waals surface area contributed by atoms with E-state index in [4.69, 9.17) is 0 Å². The maximum Gasteiger partial charge on any atom is 0.127 e. The van der Waals surface area contributed by atoms with Crippen molar-refractivity contribution in [3.05, 3.63) is 71.5 Å². The number of anilines is 1. The van der Waals surface area contributed by atoms with Gasteiger partial charge in [-0.3, -0.25) is 0 Å². The van der Waals surface area contributed by atoms with Crippen LogP contribution in [-0.4, -0.2) is 4.98 Å². The average molecular weight is 280 g/mol. The van der Waals surface area contributed by atoms with E-state index in [1.165, 1.54) is 0 Å². The van der Waals surface area contributed by atoms with Gasteiger partial charge in [0.15, 0.2) is 0 Å². The number of aryl methyl sites for hydroxylation is 1. The molecule has 1 heterocycles. The monoisotopic (exact) mass is 280 g/mol. The zero-order chi connectivity index (χ0) is 14.8. The van der Waals surface area contributed by atoms with Gasteiger partial charge >= 0.3 is 0 Å². The SMILES string of the molecule is Cc1ccc(C(C)Nc2ccc3ccccc3n2)cc1F. The summed E-state index contributed by atoms with van der Waals surface area (Å²) in [5.74, 6) is 0.620. The Hall–Kier alpha value is -2.42. The smallest absolute Gasteiger partial charge is 0.127 e. The van der Waals surface area contributed by atoms with Gasteiger partial charge in [-0.25, -0.2) is 9.37 Å². The van der Waals surface area contributed by atoms with E-state index in [9.17, 15) is 4.39 Å². The number of benzene rings is 2. The fourth-order valence-corrected chi connectivity index (χ4v) is 2.33. The molecule has 21 heavy (non-hydrogen) atoms. The zero-order valence-electron chi connectivity index (χ0n) is 12.1. The molecule has 0 radical (unpaired) electrons. The van der Waals surface area contributed by atoms with Crippen LogP contribution in [0.4, 0.5) is 10.2 Å². The van der Waals surface area contributed by atoms with Gasteiger partial charge in [0.2, 0.25) is 0 Å². The van der Waals surface area contributed by atoms with Crippen molar-refractivity contribution in [1.82, 2.24) is 4.98 Å². The summed E-state index contributed by atoms with van der Waals surface area (Å²) in [6, 6.07) is 17.3. The van der Waals surface area contributed by atoms with Crippen LogP contribution < -0.4 is 5.32 Å². The normalized spacial score (nSPS) is 12.3. The average Bonchev–Trinajstić information content (AvgIpc) is 2.50. The Balaban J connectivity index is 1.85. The van der Waals surface area contributed by atoms with E-state index in [1.54, 1.807) is 19.1 Å². The minimum absolute atomic E-state index is 0.00578. The summed E-state index contributed by atoms with van der Waals surface area (Å²) in [5, 5.41) is 4.43. The highest BCUT2D eigenvalue weighted by atomic mass is 19.1. The van der Waals surface area contributed by atoms with Crippen LogP contribution in [0.5, 0.6) is 0 Å². The lowest BCUT2D eigenvalue weighted by molar-refractivity contribution is 0.614. The van der Waals surface area contributed by atoms with Gasteiger partial charge in [0, 0.05) is 5.39 Å². The van der Waals surface area contributed by atoms with E-state index in [0.29, 0.717) is 5.56 Å². The van der Waals surface area contributed by atoms with Gasteiger partial charge in [-0.1, -0.05) is 30.3 Å². The number of nitrogens with one attached hydrogen (secondary N) is 1. The highest BCUT2D eigenvalue weighted by molar-refractivity contribution is 5.80. The maximum atomic E-state index is 13.6. The van der Waals surface area contributed by atoms with E-state index < -0.39 is 0 Å². The molecule has 0 aliphatic heterocycles. The number of halogens is 1. The second-order valence-electron chi connectivity index (χ2n) is 5.26. The van der Waals surface area contributed by atoms with Gasteiger partial charge in [0.05, 0.1) is 11.6 Å². The molecule has 0 aliphatic rings. The topological polar surface area (TPSA) is 24.9 Å². The number of rotatable bonds is 3. The van der Waals surface area contributed by atoms with Crippen molar-refractivity contribution >= 4 is 16.7 Å². The highest BCUT2D eigenvalue weighted by Gasteiger charge is 2.08. The lowest BCUT2D eigenvalue weighted by Gasteiger charge is -2.16. The zero-order valence-corrected chi connectivity index (χ0v) is 12.1. The van der Waals surface area contributed by atoms with Crippen LogP contribution in [0.1, 0.15) is 24.1 Å². The van der Waals surface area contributed by atoms with Gasteiger partial charge in [-0.15, -0.1) is 0 Å². The molecule has 2 aromatic carbocycles. The van der Waals surface area contributed by atoms with Crippen molar-refractivity contribution in [1.29, 1.82) is 0 Å². The van der Waals surface area contributed by atoms with Crippen molar-refractivity contribution in [3.63, 3.8) is 0 Å². The molecule has 1 atom stereocenters. The summed E-state index contributed by atoms with van der Waals surface area (Å²) >= 11 is 0. The fourth-order valence-electron chi connectivity index (χ4n) is 2.33. The molecule has 0 aliphatic carbocycles. The highest BCUT2D eigenvalue weighted by Crippen LogP contribution is 2.22. The third-order valence-corrected chi connectivity index (χ3v) is 3.66. The van der Waals surface area contributed by atoms with Crippen LogP contribution in [0.15, 0.2) is 54.6 Å². The third kappa shape index (κ3) is 2.87. The Bertz CT molecular complexity index is 783. The molecule has 0 spiro atoms. The van der Waals surface area contributed by atoms with Crippen LogP contribution in [0.25, 0.3) is 10.9 Å². The summed E-state index contributed by atoms with van der Waals surface area (Å²) in [6.07, 6.45) is 0. The van der Waals surface area contributed by atoms with Gasteiger partial charge in [0.1, 0.15) is 11.6 Å². The number of nitrogens with zero attached hydrogens (tertiary/aromatic N) is 1. The molecule has 1 N–H and O–H groups in total. The Morgan fingerprint density at radius 2 is 1.86 bits per heavy atom. The number of pyridine rings is 1. The molecule has 0 saturated carbocycles. The third-order valence-electron chi connectivity index (χ3n) is 3.66. The first-order valence-electron chi connectivity index (χ1n) is 7.02. The Kier molecular flexibility index (Phi) is 3.57. The second-order valence-corrected chi connectivity index (χ2v) is 5.26. The summed E-state index contributed by atoms with van der Waals surface area (Å²) < 4.78 is 13.6. The minimum Gasteiger partial charge on any atom is -0.364 e. The fraction of sp³-hybridized carbons (Fsp3) is 0.167. The lowest BCUT2D eigenvalue weighted by Crippen LogP contribution is -2.08. The van der Waals surface area contributed by atoms with E-state index >= 15 is 0 Å². The van der Waals surface area contributed by atoms with Gasteiger partial charge in [-0.05, 0) is 49.2 Å².